The maximum atomic E-state index is 10.2. The summed E-state index contributed by atoms with van der Waals surface area (Å²) in [6.45, 7) is 7.85. The van der Waals surface area contributed by atoms with Gasteiger partial charge in [0.05, 0.1) is 5.60 Å². The van der Waals surface area contributed by atoms with Gasteiger partial charge in [0.25, 0.3) is 0 Å². The largest absolute Gasteiger partial charge is 0.390 e. The highest BCUT2D eigenvalue weighted by Crippen LogP contribution is 2.15. The fourth-order valence-electron chi connectivity index (χ4n) is 1.78. The molecule has 0 aliphatic heterocycles. The van der Waals surface area contributed by atoms with Crippen molar-refractivity contribution in [2.24, 2.45) is 0 Å². The molecule has 0 aromatic carbocycles. The van der Waals surface area contributed by atoms with Gasteiger partial charge in [-0.3, -0.25) is 4.98 Å². The van der Waals surface area contributed by atoms with E-state index in [1.54, 1.807) is 0 Å². The molecule has 1 atom stereocenters. The summed E-state index contributed by atoms with van der Waals surface area (Å²) in [4.78, 5) is 4.38. The van der Waals surface area contributed by atoms with Gasteiger partial charge in [-0.2, -0.15) is 0 Å². The topological polar surface area (TPSA) is 45.1 Å². The first-order valence-corrected chi connectivity index (χ1v) is 6.44. The SMILES string of the molecule is CCNCCC(C)(O)Cc1ccc(CC)cn1. The van der Waals surface area contributed by atoms with Crippen LogP contribution in [0.3, 0.4) is 0 Å². The third-order valence-corrected chi connectivity index (χ3v) is 2.95. The third-order valence-electron chi connectivity index (χ3n) is 2.95. The number of aryl methyl sites for hydroxylation is 1. The number of nitrogens with zero attached hydrogens (tertiary/aromatic N) is 1. The molecule has 96 valence electrons. The van der Waals surface area contributed by atoms with Crippen molar-refractivity contribution in [2.45, 2.75) is 45.6 Å². The van der Waals surface area contributed by atoms with Gasteiger partial charge in [-0.25, -0.2) is 0 Å². The minimum Gasteiger partial charge on any atom is -0.390 e. The molecule has 1 aromatic heterocycles. The molecule has 0 aliphatic carbocycles. The van der Waals surface area contributed by atoms with Crippen molar-refractivity contribution >= 4 is 0 Å². The first-order chi connectivity index (χ1) is 8.07. The Bertz CT molecular complexity index is 319. The van der Waals surface area contributed by atoms with E-state index in [9.17, 15) is 5.11 Å². The smallest absolute Gasteiger partial charge is 0.0687 e. The maximum absolute atomic E-state index is 10.2. The molecule has 17 heavy (non-hydrogen) atoms. The van der Waals surface area contributed by atoms with Crippen LogP contribution in [0.4, 0.5) is 0 Å². The number of aromatic nitrogens is 1. The standard InChI is InChI=1S/C14H24N2O/c1-4-12-6-7-13(16-11-12)10-14(3,17)8-9-15-5-2/h6-7,11,15,17H,4-5,8-10H2,1-3H3. The average Bonchev–Trinajstić information content (AvgIpc) is 2.30. The molecule has 1 heterocycles. The minimum absolute atomic E-state index is 0.613. The van der Waals surface area contributed by atoms with Crippen LogP contribution in [-0.4, -0.2) is 28.8 Å². The second kappa shape index (κ2) is 6.72. The van der Waals surface area contributed by atoms with Gasteiger partial charge in [-0.15, -0.1) is 0 Å². The summed E-state index contributed by atoms with van der Waals surface area (Å²) < 4.78 is 0. The lowest BCUT2D eigenvalue weighted by Gasteiger charge is -2.23. The third kappa shape index (κ3) is 5.29. The van der Waals surface area contributed by atoms with Crippen LogP contribution in [0.25, 0.3) is 0 Å². The molecule has 1 unspecified atom stereocenters. The number of hydrogen-bond donors (Lipinski definition) is 2. The van der Waals surface area contributed by atoms with Crippen molar-refractivity contribution in [3.63, 3.8) is 0 Å². The fraction of sp³-hybridized carbons (Fsp3) is 0.643. The predicted molar refractivity (Wildman–Crippen MR) is 71.1 cm³/mol. The summed E-state index contributed by atoms with van der Waals surface area (Å²) in [7, 11) is 0. The lowest BCUT2D eigenvalue weighted by atomic mass is 9.95. The molecule has 0 saturated heterocycles. The van der Waals surface area contributed by atoms with Crippen molar-refractivity contribution in [3.8, 4) is 0 Å². The quantitative estimate of drug-likeness (QED) is 0.711. The van der Waals surface area contributed by atoms with Gasteiger partial charge >= 0.3 is 0 Å². The molecule has 1 aromatic rings. The normalized spacial score (nSPS) is 14.6. The molecule has 3 heteroatoms. The van der Waals surface area contributed by atoms with Crippen LogP contribution >= 0.6 is 0 Å². The molecule has 3 nitrogen and oxygen atoms in total. The summed E-state index contributed by atoms with van der Waals surface area (Å²) in [6, 6.07) is 4.10. The predicted octanol–water partition coefficient (Wildman–Crippen LogP) is 1.94. The number of nitrogens with one attached hydrogen (secondary N) is 1. The van der Waals surface area contributed by atoms with Gasteiger partial charge < -0.3 is 10.4 Å². The van der Waals surface area contributed by atoms with Crippen LogP contribution in [0.2, 0.25) is 0 Å². The van der Waals surface area contributed by atoms with Crippen LogP contribution in [0.1, 0.15) is 38.4 Å². The highest BCUT2D eigenvalue weighted by molar-refractivity contribution is 5.15. The zero-order chi connectivity index (χ0) is 12.7. The van der Waals surface area contributed by atoms with Crippen LogP contribution < -0.4 is 5.32 Å². The molecule has 0 amide bonds. The van der Waals surface area contributed by atoms with Crippen molar-refractivity contribution in [1.29, 1.82) is 0 Å². The van der Waals surface area contributed by atoms with Gasteiger partial charge in [0.15, 0.2) is 0 Å². The van der Waals surface area contributed by atoms with Gasteiger partial charge in [0.1, 0.15) is 0 Å². The zero-order valence-corrected chi connectivity index (χ0v) is 11.2. The number of rotatable bonds is 7. The molecule has 0 aliphatic rings. The van der Waals surface area contributed by atoms with E-state index in [1.807, 2.05) is 19.2 Å². The summed E-state index contributed by atoms with van der Waals surface area (Å²) >= 11 is 0. The Morgan fingerprint density at radius 3 is 2.65 bits per heavy atom. The Kier molecular flexibility index (Phi) is 5.59. The molecule has 1 rings (SSSR count). The number of aliphatic hydroxyl groups is 1. The second-order valence-electron chi connectivity index (χ2n) is 4.79. The lowest BCUT2D eigenvalue weighted by molar-refractivity contribution is 0.0507. The minimum atomic E-state index is -0.678. The van der Waals surface area contributed by atoms with E-state index in [2.05, 4.69) is 30.2 Å². The highest BCUT2D eigenvalue weighted by atomic mass is 16.3. The Labute approximate surface area is 104 Å². The summed E-state index contributed by atoms with van der Waals surface area (Å²) in [6.07, 6.45) is 4.26. The van der Waals surface area contributed by atoms with Gasteiger partial charge in [0, 0.05) is 18.3 Å². The zero-order valence-electron chi connectivity index (χ0n) is 11.2. The van der Waals surface area contributed by atoms with Crippen molar-refractivity contribution in [3.05, 3.63) is 29.6 Å². The summed E-state index contributed by atoms with van der Waals surface area (Å²) in [5.41, 5.74) is 1.52. The second-order valence-corrected chi connectivity index (χ2v) is 4.79. The first kappa shape index (κ1) is 14.1. The van der Waals surface area contributed by atoms with E-state index >= 15 is 0 Å². The van der Waals surface area contributed by atoms with E-state index in [1.165, 1.54) is 5.56 Å². The van der Waals surface area contributed by atoms with Gasteiger partial charge in [-0.05, 0) is 44.5 Å². The van der Waals surface area contributed by atoms with E-state index in [4.69, 9.17) is 0 Å². The Morgan fingerprint density at radius 2 is 2.12 bits per heavy atom. The lowest BCUT2D eigenvalue weighted by Crippen LogP contribution is -2.32. The molecule has 0 fully saturated rings. The van der Waals surface area contributed by atoms with E-state index in [-0.39, 0.29) is 0 Å². The number of hydrogen-bond acceptors (Lipinski definition) is 3. The molecular formula is C14H24N2O. The van der Waals surface area contributed by atoms with Crippen LogP contribution in [0.5, 0.6) is 0 Å². The number of pyridine rings is 1. The molecule has 0 saturated carbocycles. The molecule has 0 spiro atoms. The maximum Gasteiger partial charge on any atom is 0.0687 e. The Hall–Kier alpha value is -0.930. The Balaban J connectivity index is 2.50. The average molecular weight is 236 g/mol. The Morgan fingerprint density at radius 1 is 1.35 bits per heavy atom. The summed E-state index contributed by atoms with van der Waals surface area (Å²) in [5.74, 6) is 0. The van der Waals surface area contributed by atoms with Crippen LogP contribution in [0, 0.1) is 0 Å². The highest BCUT2D eigenvalue weighted by Gasteiger charge is 2.20. The van der Waals surface area contributed by atoms with Gasteiger partial charge in [-0.1, -0.05) is 19.9 Å². The van der Waals surface area contributed by atoms with Crippen LogP contribution in [-0.2, 0) is 12.8 Å². The van der Waals surface area contributed by atoms with E-state index < -0.39 is 5.60 Å². The van der Waals surface area contributed by atoms with E-state index in [0.29, 0.717) is 6.42 Å². The first-order valence-electron chi connectivity index (χ1n) is 6.44. The monoisotopic (exact) mass is 236 g/mol. The molecule has 0 bridgehead atoms. The van der Waals surface area contributed by atoms with Crippen molar-refractivity contribution < 1.29 is 5.11 Å². The summed E-state index contributed by atoms with van der Waals surface area (Å²) in [5, 5.41) is 13.5. The van der Waals surface area contributed by atoms with Gasteiger partial charge in [0.2, 0.25) is 0 Å². The van der Waals surface area contributed by atoms with E-state index in [0.717, 1.165) is 31.6 Å². The molecular weight excluding hydrogens is 212 g/mol. The molecule has 0 radical (unpaired) electrons. The van der Waals surface area contributed by atoms with Crippen molar-refractivity contribution in [1.82, 2.24) is 10.3 Å². The fourth-order valence-corrected chi connectivity index (χ4v) is 1.78. The van der Waals surface area contributed by atoms with Crippen molar-refractivity contribution in [2.75, 3.05) is 13.1 Å². The van der Waals surface area contributed by atoms with Crippen LogP contribution in [0.15, 0.2) is 18.3 Å². The molecule has 2 N–H and O–H groups in total.